The summed E-state index contributed by atoms with van der Waals surface area (Å²) in [6.45, 7) is 0. The van der Waals surface area contributed by atoms with Crippen molar-refractivity contribution in [1.82, 2.24) is 15.2 Å². The Morgan fingerprint density at radius 1 is 1.13 bits per heavy atom. The van der Waals surface area contributed by atoms with Crippen LogP contribution in [0.2, 0.25) is 0 Å². The number of nitrogens with zero attached hydrogens (tertiary/aromatic N) is 2. The zero-order chi connectivity index (χ0) is 20.7. The van der Waals surface area contributed by atoms with E-state index in [4.69, 9.17) is 16.6 Å². The molecular weight excluding hydrogens is 465 g/mol. The minimum atomic E-state index is -0.287. The average molecular weight is 486 g/mol. The molecule has 0 amide bonds. The number of hydrogen-bond acceptors (Lipinski definition) is 3. The smallest absolute Gasteiger partial charge is 0.170 e. The first-order chi connectivity index (χ1) is 14.6. The number of furan rings is 1. The summed E-state index contributed by atoms with van der Waals surface area (Å²) in [4.78, 5) is 6.89. The predicted octanol–water partition coefficient (Wildman–Crippen LogP) is 6.16. The van der Waals surface area contributed by atoms with Crippen LogP contribution < -0.4 is 5.32 Å². The van der Waals surface area contributed by atoms with Crippen LogP contribution in [0.5, 0.6) is 0 Å². The normalized spacial score (nSPS) is 21.9. The zero-order valence-corrected chi connectivity index (χ0v) is 18.6. The van der Waals surface area contributed by atoms with Gasteiger partial charge < -0.3 is 14.6 Å². The molecule has 1 saturated heterocycles. The Balaban J connectivity index is 1.55. The lowest BCUT2D eigenvalue weighted by molar-refractivity contribution is 0.218. The van der Waals surface area contributed by atoms with Gasteiger partial charge in [-0.2, -0.15) is 0 Å². The fraction of sp³-hybridized carbons (Fsp3) is 0.304. The van der Waals surface area contributed by atoms with Gasteiger partial charge in [-0.05, 0) is 83.5 Å². The molecule has 2 atom stereocenters. The molecule has 1 aliphatic heterocycles. The van der Waals surface area contributed by atoms with Crippen molar-refractivity contribution in [3.63, 3.8) is 0 Å². The van der Waals surface area contributed by atoms with E-state index in [1.165, 1.54) is 25.0 Å². The maximum atomic E-state index is 13.5. The zero-order valence-electron chi connectivity index (χ0n) is 16.2. The van der Waals surface area contributed by atoms with Gasteiger partial charge in [0.15, 0.2) is 5.11 Å². The van der Waals surface area contributed by atoms with Crippen LogP contribution in [0.15, 0.2) is 63.6 Å². The molecule has 1 aromatic carbocycles. The molecule has 0 bridgehead atoms. The van der Waals surface area contributed by atoms with Crippen LogP contribution in [-0.2, 0) is 0 Å². The van der Waals surface area contributed by atoms with Crippen molar-refractivity contribution in [1.29, 1.82) is 0 Å². The van der Waals surface area contributed by atoms with E-state index in [1.54, 1.807) is 12.3 Å². The summed E-state index contributed by atoms with van der Waals surface area (Å²) in [7, 11) is 0. The summed E-state index contributed by atoms with van der Waals surface area (Å²) in [6, 6.07) is 14.7. The molecule has 3 aromatic rings. The largest absolute Gasteiger partial charge is 0.459 e. The van der Waals surface area contributed by atoms with E-state index >= 15 is 0 Å². The predicted molar refractivity (Wildman–Crippen MR) is 121 cm³/mol. The maximum absolute atomic E-state index is 13.5. The topological polar surface area (TPSA) is 41.3 Å². The van der Waals surface area contributed by atoms with E-state index in [0.29, 0.717) is 16.3 Å². The number of aromatic nitrogens is 1. The van der Waals surface area contributed by atoms with Crippen molar-refractivity contribution in [2.75, 3.05) is 0 Å². The number of nitrogens with one attached hydrogen (secondary N) is 1. The molecule has 3 heterocycles. The van der Waals surface area contributed by atoms with Gasteiger partial charge in [0.25, 0.3) is 0 Å². The van der Waals surface area contributed by atoms with Gasteiger partial charge in [0.2, 0.25) is 0 Å². The molecule has 2 aromatic heterocycles. The van der Waals surface area contributed by atoms with Crippen molar-refractivity contribution < 1.29 is 8.81 Å². The Kier molecular flexibility index (Phi) is 5.33. The maximum Gasteiger partial charge on any atom is 0.170 e. The molecule has 0 radical (unpaired) electrons. The summed E-state index contributed by atoms with van der Waals surface area (Å²) in [5, 5.41) is 4.24. The van der Waals surface area contributed by atoms with Gasteiger partial charge in [-0.15, -0.1) is 0 Å². The van der Waals surface area contributed by atoms with Crippen LogP contribution >= 0.6 is 28.1 Å². The van der Waals surface area contributed by atoms with E-state index in [9.17, 15) is 4.39 Å². The standard InChI is InChI=1S/C23H21BrFN3OS/c24-17-13-14(25)8-9-16(17)19-10-11-20(29-19)22-21(18-7-3-4-12-26-18)27-23(30)28(22)15-5-1-2-6-15/h3-4,7-13,15,21-22H,1-2,5-6H2,(H,27,30)/t21-,22-/m0/s1. The van der Waals surface area contributed by atoms with Crippen LogP contribution in [-0.4, -0.2) is 21.0 Å². The van der Waals surface area contributed by atoms with E-state index in [0.717, 1.165) is 35.0 Å². The van der Waals surface area contributed by atoms with Crippen molar-refractivity contribution in [3.05, 3.63) is 76.5 Å². The van der Waals surface area contributed by atoms with Crippen molar-refractivity contribution >= 4 is 33.3 Å². The number of benzene rings is 1. The molecule has 1 N–H and O–H groups in total. The van der Waals surface area contributed by atoms with Crippen molar-refractivity contribution in [2.24, 2.45) is 0 Å². The second kappa shape index (κ2) is 8.12. The fourth-order valence-electron chi connectivity index (χ4n) is 4.59. The van der Waals surface area contributed by atoms with Crippen LogP contribution in [0, 0.1) is 5.82 Å². The van der Waals surface area contributed by atoms with Crippen LogP contribution in [0.25, 0.3) is 11.3 Å². The lowest BCUT2D eigenvalue weighted by Gasteiger charge is -2.31. The fourth-order valence-corrected chi connectivity index (χ4v) is 5.53. The van der Waals surface area contributed by atoms with Gasteiger partial charge in [0.1, 0.15) is 23.4 Å². The third-order valence-electron chi connectivity index (χ3n) is 5.97. The molecule has 30 heavy (non-hydrogen) atoms. The third kappa shape index (κ3) is 3.54. The Hall–Kier alpha value is -2.25. The highest BCUT2D eigenvalue weighted by molar-refractivity contribution is 9.10. The second-order valence-corrected chi connectivity index (χ2v) is 9.04. The molecule has 2 fully saturated rings. The first-order valence-electron chi connectivity index (χ1n) is 10.2. The highest BCUT2D eigenvalue weighted by Gasteiger charge is 2.45. The minimum Gasteiger partial charge on any atom is -0.459 e. The number of pyridine rings is 1. The first kappa shape index (κ1) is 19.7. The van der Waals surface area contributed by atoms with Crippen molar-refractivity contribution in [2.45, 2.75) is 43.8 Å². The highest BCUT2D eigenvalue weighted by atomic mass is 79.9. The van der Waals surface area contributed by atoms with Gasteiger partial charge in [0.05, 0.1) is 11.7 Å². The van der Waals surface area contributed by atoms with E-state index < -0.39 is 0 Å². The molecule has 0 spiro atoms. The summed E-state index contributed by atoms with van der Waals surface area (Å²) in [5.74, 6) is 1.24. The van der Waals surface area contributed by atoms with Gasteiger partial charge >= 0.3 is 0 Å². The van der Waals surface area contributed by atoms with Gasteiger partial charge in [-0.1, -0.05) is 18.9 Å². The second-order valence-electron chi connectivity index (χ2n) is 7.80. The Morgan fingerprint density at radius 2 is 1.97 bits per heavy atom. The molecule has 4 nitrogen and oxygen atoms in total. The molecule has 1 saturated carbocycles. The molecular formula is C23H21BrFN3OS. The molecule has 5 rings (SSSR count). The molecule has 7 heteroatoms. The van der Waals surface area contributed by atoms with Crippen LogP contribution in [0.4, 0.5) is 4.39 Å². The minimum absolute atomic E-state index is 0.0801. The lowest BCUT2D eigenvalue weighted by atomic mass is 10.0. The number of thiocarbonyl (C=S) groups is 1. The molecule has 2 aliphatic rings. The summed E-state index contributed by atoms with van der Waals surface area (Å²) in [5.41, 5.74) is 1.75. The quantitative estimate of drug-likeness (QED) is 0.448. The van der Waals surface area contributed by atoms with Gasteiger partial charge in [-0.3, -0.25) is 4.98 Å². The monoisotopic (exact) mass is 485 g/mol. The summed E-state index contributed by atoms with van der Waals surface area (Å²) >= 11 is 9.21. The van der Waals surface area contributed by atoms with Crippen LogP contribution in [0.3, 0.4) is 0 Å². The molecule has 154 valence electrons. The van der Waals surface area contributed by atoms with Gasteiger partial charge in [-0.25, -0.2) is 4.39 Å². The molecule has 1 aliphatic carbocycles. The highest BCUT2D eigenvalue weighted by Crippen LogP contribution is 2.44. The van der Waals surface area contributed by atoms with E-state index in [-0.39, 0.29) is 17.9 Å². The average Bonchev–Trinajstić information content (AvgIpc) is 3.48. The van der Waals surface area contributed by atoms with Gasteiger partial charge in [0, 0.05) is 22.3 Å². The Bertz CT molecular complexity index is 1070. The van der Waals surface area contributed by atoms with Crippen LogP contribution in [0.1, 0.15) is 49.2 Å². The Labute approximate surface area is 188 Å². The summed E-state index contributed by atoms with van der Waals surface area (Å²) < 4.78 is 20.5. The molecule has 0 unspecified atom stereocenters. The third-order valence-corrected chi connectivity index (χ3v) is 6.95. The number of rotatable bonds is 4. The van der Waals surface area contributed by atoms with E-state index in [2.05, 4.69) is 31.1 Å². The number of hydrogen-bond donors (Lipinski definition) is 1. The lowest BCUT2D eigenvalue weighted by Crippen LogP contribution is -2.37. The van der Waals surface area contributed by atoms with E-state index in [1.807, 2.05) is 30.3 Å². The summed E-state index contributed by atoms with van der Waals surface area (Å²) in [6.07, 6.45) is 6.50. The number of halogens is 2. The van der Waals surface area contributed by atoms with Crippen molar-refractivity contribution in [3.8, 4) is 11.3 Å². The Morgan fingerprint density at radius 3 is 2.70 bits per heavy atom. The SMILES string of the molecule is Fc1ccc(-c2ccc([C@H]3[C@H](c4ccccn4)NC(=S)N3C3CCCC3)o2)c(Br)c1. The first-order valence-corrected chi connectivity index (χ1v) is 11.4.